The molecular formula is C19H22N2O2. The van der Waals surface area contributed by atoms with Crippen LogP contribution in [0.5, 0.6) is 5.75 Å². The molecule has 120 valence electrons. The number of nitrogens with zero attached hydrogens (tertiary/aromatic N) is 1. The van der Waals surface area contributed by atoms with Gasteiger partial charge in [-0.05, 0) is 29.7 Å². The largest absolute Gasteiger partial charge is 0.484 e. The van der Waals surface area contributed by atoms with Gasteiger partial charge in [0.15, 0.2) is 6.61 Å². The maximum absolute atomic E-state index is 11.7. The Kier molecular flexibility index (Phi) is 6.36. The van der Waals surface area contributed by atoms with E-state index in [0.29, 0.717) is 5.75 Å². The van der Waals surface area contributed by atoms with Crippen LogP contribution in [0.3, 0.4) is 0 Å². The fraction of sp³-hybridized carbons (Fsp3) is 0.263. The highest BCUT2D eigenvalue weighted by Gasteiger charge is 2.03. The Balaban J connectivity index is 1.75. The Labute approximate surface area is 137 Å². The second kappa shape index (κ2) is 8.73. The van der Waals surface area contributed by atoms with Crippen LogP contribution in [0.15, 0.2) is 59.7 Å². The SMILES string of the molecule is CCc1ccc(OCC(=O)N/N=C\[C@@H](C)c2ccccc2)cc1. The van der Waals surface area contributed by atoms with Crippen LogP contribution in [0, 0.1) is 0 Å². The monoisotopic (exact) mass is 310 g/mol. The molecule has 0 radical (unpaired) electrons. The quantitative estimate of drug-likeness (QED) is 0.628. The fourth-order valence-electron chi connectivity index (χ4n) is 2.07. The number of aryl methyl sites for hydroxylation is 1. The topological polar surface area (TPSA) is 50.7 Å². The maximum Gasteiger partial charge on any atom is 0.277 e. The summed E-state index contributed by atoms with van der Waals surface area (Å²) in [5.41, 5.74) is 4.87. The van der Waals surface area contributed by atoms with E-state index in [1.54, 1.807) is 6.21 Å². The van der Waals surface area contributed by atoms with E-state index in [9.17, 15) is 4.79 Å². The summed E-state index contributed by atoms with van der Waals surface area (Å²) in [6.07, 6.45) is 2.69. The van der Waals surface area contributed by atoms with Crippen LogP contribution in [0.1, 0.15) is 30.9 Å². The minimum Gasteiger partial charge on any atom is -0.484 e. The number of benzene rings is 2. The lowest BCUT2D eigenvalue weighted by Gasteiger charge is -2.07. The van der Waals surface area contributed by atoms with Crippen LogP contribution in [0.4, 0.5) is 0 Å². The summed E-state index contributed by atoms with van der Waals surface area (Å²) in [5, 5.41) is 3.98. The summed E-state index contributed by atoms with van der Waals surface area (Å²) in [6.45, 7) is 4.07. The molecule has 0 saturated carbocycles. The van der Waals surface area contributed by atoms with Crippen molar-refractivity contribution >= 4 is 12.1 Å². The van der Waals surface area contributed by atoms with Gasteiger partial charge in [-0.3, -0.25) is 4.79 Å². The highest BCUT2D eigenvalue weighted by Crippen LogP contribution is 2.12. The molecule has 2 rings (SSSR count). The molecule has 0 bridgehead atoms. The minimum atomic E-state index is -0.277. The van der Waals surface area contributed by atoms with E-state index in [-0.39, 0.29) is 18.4 Å². The van der Waals surface area contributed by atoms with E-state index in [4.69, 9.17) is 4.74 Å². The Morgan fingerprint density at radius 1 is 1.17 bits per heavy atom. The van der Waals surface area contributed by atoms with E-state index in [0.717, 1.165) is 12.0 Å². The minimum absolute atomic E-state index is 0.0530. The number of carbonyl (C=O) groups excluding carboxylic acids is 1. The standard InChI is InChI=1S/C19H22N2O2/c1-3-16-9-11-18(12-10-16)23-14-19(22)21-20-13-15(2)17-7-5-4-6-8-17/h4-13,15H,3,14H2,1-2H3,(H,21,22)/b20-13-/t15-/m1/s1. The first-order valence-electron chi connectivity index (χ1n) is 7.77. The Hall–Kier alpha value is -2.62. The predicted molar refractivity (Wildman–Crippen MR) is 92.8 cm³/mol. The van der Waals surface area contributed by atoms with Gasteiger partial charge in [-0.15, -0.1) is 0 Å². The summed E-state index contributed by atoms with van der Waals surface area (Å²) in [7, 11) is 0. The predicted octanol–water partition coefficient (Wildman–Crippen LogP) is 3.53. The molecule has 0 saturated heterocycles. The van der Waals surface area contributed by atoms with Crippen molar-refractivity contribution in [2.75, 3.05) is 6.61 Å². The molecule has 0 fully saturated rings. The lowest BCUT2D eigenvalue weighted by Crippen LogP contribution is -2.24. The smallest absolute Gasteiger partial charge is 0.277 e. The third kappa shape index (κ3) is 5.58. The molecule has 23 heavy (non-hydrogen) atoms. The number of hydrazone groups is 1. The number of ether oxygens (including phenoxy) is 1. The van der Waals surface area contributed by atoms with Gasteiger partial charge in [0.25, 0.3) is 5.91 Å². The molecule has 1 amide bonds. The number of amides is 1. The van der Waals surface area contributed by atoms with Crippen molar-refractivity contribution in [2.45, 2.75) is 26.2 Å². The van der Waals surface area contributed by atoms with Crippen LogP contribution in [-0.4, -0.2) is 18.7 Å². The summed E-state index contributed by atoms with van der Waals surface area (Å²) >= 11 is 0. The van der Waals surface area contributed by atoms with Crippen molar-refractivity contribution < 1.29 is 9.53 Å². The zero-order valence-corrected chi connectivity index (χ0v) is 13.5. The van der Waals surface area contributed by atoms with E-state index in [1.807, 2.05) is 61.5 Å². The van der Waals surface area contributed by atoms with Crippen LogP contribution in [0.2, 0.25) is 0 Å². The van der Waals surface area contributed by atoms with E-state index in [2.05, 4.69) is 17.5 Å². The van der Waals surface area contributed by atoms with Crippen molar-refractivity contribution in [2.24, 2.45) is 5.10 Å². The maximum atomic E-state index is 11.7. The van der Waals surface area contributed by atoms with E-state index >= 15 is 0 Å². The van der Waals surface area contributed by atoms with Gasteiger partial charge in [0.1, 0.15) is 5.75 Å². The molecule has 1 atom stereocenters. The van der Waals surface area contributed by atoms with Gasteiger partial charge in [-0.1, -0.05) is 56.3 Å². The summed E-state index contributed by atoms with van der Waals surface area (Å²) < 4.78 is 5.42. The number of nitrogens with one attached hydrogen (secondary N) is 1. The molecule has 4 nitrogen and oxygen atoms in total. The lowest BCUT2D eigenvalue weighted by molar-refractivity contribution is -0.123. The average molecular weight is 310 g/mol. The molecule has 0 unspecified atom stereocenters. The molecule has 0 aliphatic rings. The van der Waals surface area contributed by atoms with Crippen molar-refractivity contribution in [1.29, 1.82) is 0 Å². The molecule has 4 heteroatoms. The van der Waals surface area contributed by atoms with Gasteiger partial charge in [-0.25, -0.2) is 5.43 Å². The molecule has 0 aromatic heterocycles. The van der Waals surface area contributed by atoms with Gasteiger partial charge < -0.3 is 4.74 Å². The van der Waals surface area contributed by atoms with Crippen molar-refractivity contribution in [3.8, 4) is 5.75 Å². The first kappa shape index (κ1) is 16.7. The van der Waals surface area contributed by atoms with Gasteiger partial charge in [0, 0.05) is 12.1 Å². The zero-order chi connectivity index (χ0) is 16.5. The highest BCUT2D eigenvalue weighted by molar-refractivity contribution is 5.78. The molecule has 1 N–H and O–H groups in total. The fourth-order valence-corrected chi connectivity index (χ4v) is 2.07. The Morgan fingerprint density at radius 2 is 1.87 bits per heavy atom. The van der Waals surface area contributed by atoms with E-state index in [1.165, 1.54) is 5.56 Å². The number of carbonyl (C=O) groups is 1. The number of rotatable bonds is 7. The van der Waals surface area contributed by atoms with Crippen molar-refractivity contribution in [3.05, 3.63) is 65.7 Å². The van der Waals surface area contributed by atoms with Gasteiger partial charge in [-0.2, -0.15) is 5.10 Å². The summed E-state index contributed by atoms with van der Waals surface area (Å²) in [5.74, 6) is 0.541. The van der Waals surface area contributed by atoms with Crippen LogP contribution < -0.4 is 10.2 Å². The molecule has 0 heterocycles. The third-order valence-corrected chi connectivity index (χ3v) is 3.51. The number of hydrogen-bond donors (Lipinski definition) is 1. The highest BCUT2D eigenvalue weighted by atomic mass is 16.5. The third-order valence-electron chi connectivity index (χ3n) is 3.51. The Morgan fingerprint density at radius 3 is 2.52 bits per heavy atom. The number of hydrogen-bond acceptors (Lipinski definition) is 3. The molecule has 0 aliphatic heterocycles. The first-order valence-corrected chi connectivity index (χ1v) is 7.77. The second-order valence-corrected chi connectivity index (χ2v) is 5.30. The zero-order valence-electron chi connectivity index (χ0n) is 13.5. The van der Waals surface area contributed by atoms with Gasteiger partial charge >= 0.3 is 0 Å². The average Bonchev–Trinajstić information content (AvgIpc) is 2.61. The second-order valence-electron chi connectivity index (χ2n) is 5.30. The summed E-state index contributed by atoms with van der Waals surface area (Å²) in [4.78, 5) is 11.7. The van der Waals surface area contributed by atoms with Crippen LogP contribution >= 0.6 is 0 Å². The molecule has 0 aliphatic carbocycles. The molecular weight excluding hydrogens is 288 g/mol. The van der Waals surface area contributed by atoms with Crippen LogP contribution in [0.25, 0.3) is 0 Å². The first-order chi connectivity index (χ1) is 11.2. The molecule has 0 spiro atoms. The lowest BCUT2D eigenvalue weighted by atomic mass is 10.0. The van der Waals surface area contributed by atoms with E-state index < -0.39 is 0 Å². The molecule has 2 aromatic rings. The van der Waals surface area contributed by atoms with Crippen molar-refractivity contribution in [3.63, 3.8) is 0 Å². The Bertz CT molecular complexity index is 636. The van der Waals surface area contributed by atoms with Crippen LogP contribution in [-0.2, 0) is 11.2 Å². The van der Waals surface area contributed by atoms with Gasteiger partial charge in [0.05, 0.1) is 0 Å². The normalized spacial score (nSPS) is 12.1. The molecule has 2 aromatic carbocycles. The van der Waals surface area contributed by atoms with Gasteiger partial charge in [0.2, 0.25) is 0 Å². The van der Waals surface area contributed by atoms with Crippen molar-refractivity contribution in [1.82, 2.24) is 5.43 Å². The summed E-state index contributed by atoms with van der Waals surface area (Å²) in [6, 6.07) is 17.7.